The van der Waals surface area contributed by atoms with Gasteiger partial charge in [-0.3, -0.25) is 0 Å². The smallest absolute Gasteiger partial charge is 0.123 e. The van der Waals surface area contributed by atoms with E-state index in [1.165, 1.54) is 34.4 Å². The zero-order chi connectivity index (χ0) is 19.6. The molecule has 2 nitrogen and oxygen atoms in total. The van der Waals surface area contributed by atoms with Crippen LogP contribution < -0.4 is 4.74 Å². The van der Waals surface area contributed by atoms with Crippen LogP contribution in [0.25, 0.3) is 21.7 Å². The van der Waals surface area contributed by atoms with Crippen LogP contribution in [0.1, 0.15) is 44.4 Å². The third kappa shape index (κ3) is 5.80. The minimum atomic E-state index is 0.631. The second-order valence-electron chi connectivity index (χ2n) is 6.91. The maximum Gasteiger partial charge on any atom is 0.123 e. The van der Waals surface area contributed by atoms with Crippen molar-refractivity contribution in [3.63, 3.8) is 0 Å². The number of benzene rings is 2. The van der Waals surface area contributed by atoms with Gasteiger partial charge in [-0.25, -0.2) is 4.98 Å². The van der Waals surface area contributed by atoms with Gasteiger partial charge in [0, 0.05) is 16.6 Å². The molecule has 146 valence electrons. The summed E-state index contributed by atoms with van der Waals surface area (Å²) in [5.74, 6) is 0.909. The number of thiazole rings is 1. The Morgan fingerprint density at radius 1 is 0.857 bits per heavy atom. The normalized spacial score (nSPS) is 11.2. The molecule has 0 aliphatic carbocycles. The van der Waals surface area contributed by atoms with Crippen molar-refractivity contribution in [3.05, 3.63) is 71.8 Å². The summed E-state index contributed by atoms with van der Waals surface area (Å²) >= 11 is 1.79. The topological polar surface area (TPSA) is 22.1 Å². The number of hydrogen-bond donors (Lipinski definition) is 0. The molecular weight excluding hydrogens is 362 g/mol. The van der Waals surface area contributed by atoms with E-state index in [-0.39, 0.29) is 0 Å². The first kappa shape index (κ1) is 20.3. The fourth-order valence-electron chi connectivity index (χ4n) is 3.00. The van der Waals surface area contributed by atoms with Gasteiger partial charge >= 0.3 is 0 Å². The van der Waals surface area contributed by atoms with Crippen molar-refractivity contribution >= 4 is 11.3 Å². The summed E-state index contributed by atoms with van der Waals surface area (Å²) in [5, 5.41) is 1.10. The highest BCUT2D eigenvalue weighted by molar-refractivity contribution is 7.15. The van der Waals surface area contributed by atoms with Gasteiger partial charge in [-0.15, -0.1) is 11.3 Å². The highest BCUT2D eigenvalue weighted by Crippen LogP contribution is 2.29. The van der Waals surface area contributed by atoms with Crippen LogP contribution in [-0.2, 0) is 6.42 Å². The largest absolute Gasteiger partial charge is 0.490 e. The van der Waals surface area contributed by atoms with E-state index in [4.69, 9.17) is 4.74 Å². The highest BCUT2D eigenvalue weighted by atomic mass is 32.1. The molecule has 3 aromatic rings. The van der Waals surface area contributed by atoms with Crippen molar-refractivity contribution < 1.29 is 4.74 Å². The molecular formula is C25H29NOS. The fourth-order valence-corrected chi connectivity index (χ4v) is 4.02. The van der Waals surface area contributed by atoms with Crippen LogP contribution in [-0.4, -0.2) is 11.6 Å². The van der Waals surface area contributed by atoms with E-state index in [1.807, 2.05) is 18.3 Å². The Hall–Kier alpha value is -2.39. The van der Waals surface area contributed by atoms with E-state index in [1.54, 1.807) is 11.3 Å². The lowest BCUT2D eigenvalue weighted by molar-refractivity contribution is 0.362. The summed E-state index contributed by atoms with van der Waals surface area (Å²) in [6.45, 7) is 5.04. The number of aryl methyl sites for hydroxylation is 1. The minimum Gasteiger partial charge on any atom is -0.490 e. The zero-order valence-electron chi connectivity index (χ0n) is 16.9. The Kier molecular flexibility index (Phi) is 7.86. The maximum absolute atomic E-state index is 5.78. The summed E-state index contributed by atoms with van der Waals surface area (Å²) in [4.78, 5) is 5.93. The number of rotatable bonds is 10. The van der Waals surface area contributed by atoms with Gasteiger partial charge < -0.3 is 4.74 Å². The number of nitrogens with zero attached hydrogens (tertiary/aromatic N) is 1. The standard InChI is InChI=1S/C25H29NOS/c1-3-5-6-7-8-18-27-23-16-14-21(15-17-23)20-10-12-22(13-11-20)25-26-19-24(28-25)9-4-2/h7-8,10-17,19H,3-6,9,18H2,1-2H3. The minimum absolute atomic E-state index is 0.631. The molecule has 28 heavy (non-hydrogen) atoms. The van der Waals surface area contributed by atoms with Crippen molar-refractivity contribution in [2.45, 2.75) is 46.0 Å². The number of allylic oxidation sites excluding steroid dienone is 1. The van der Waals surface area contributed by atoms with Crippen LogP contribution >= 0.6 is 11.3 Å². The number of aromatic nitrogens is 1. The zero-order valence-corrected chi connectivity index (χ0v) is 17.7. The lowest BCUT2D eigenvalue weighted by atomic mass is 10.0. The van der Waals surface area contributed by atoms with Gasteiger partial charge in [0.05, 0.1) is 0 Å². The van der Waals surface area contributed by atoms with Gasteiger partial charge in [-0.05, 0) is 36.1 Å². The third-order valence-electron chi connectivity index (χ3n) is 4.61. The molecule has 3 rings (SSSR count). The van der Waals surface area contributed by atoms with Crippen molar-refractivity contribution in [2.24, 2.45) is 0 Å². The highest BCUT2D eigenvalue weighted by Gasteiger charge is 2.05. The molecule has 3 heteroatoms. The van der Waals surface area contributed by atoms with Crippen molar-refractivity contribution in [2.75, 3.05) is 6.61 Å². The first-order chi connectivity index (χ1) is 13.8. The molecule has 0 fully saturated rings. The van der Waals surface area contributed by atoms with Crippen LogP contribution in [0.15, 0.2) is 66.9 Å². The summed E-state index contributed by atoms with van der Waals surface area (Å²) < 4.78 is 5.78. The first-order valence-electron chi connectivity index (χ1n) is 10.2. The lowest BCUT2D eigenvalue weighted by Gasteiger charge is -2.06. The SMILES string of the molecule is CCCCC=CCOc1ccc(-c2ccc(-c3ncc(CCC)s3)cc2)cc1. The average molecular weight is 392 g/mol. The van der Waals surface area contributed by atoms with Gasteiger partial charge in [0.2, 0.25) is 0 Å². The van der Waals surface area contributed by atoms with Crippen LogP contribution in [0.2, 0.25) is 0 Å². The van der Waals surface area contributed by atoms with Crippen molar-refractivity contribution in [1.82, 2.24) is 4.98 Å². The van der Waals surface area contributed by atoms with Gasteiger partial charge in [-0.1, -0.05) is 81.7 Å². The van der Waals surface area contributed by atoms with Crippen LogP contribution in [0, 0.1) is 0 Å². The van der Waals surface area contributed by atoms with Gasteiger partial charge in [0.1, 0.15) is 17.4 Å². The molecule has 0 unspecified atom stereocenters. The second kappa shape index (κ2) is 10.8. The molecule has 0 saturated carbocycles. The molecule has 0 aliphatic rings. The van der Waals surface area contributed by atoms with E-state index in [0.29, 0.717) is 6.61 Å². The van der Waals surface area contributed by atoms with E-state index >= 15 is 0 Å². The Balaban J connectivity index is 1.58. The van der Waals surface area contributed by atoms with E-state index < -0.39 is 0 Å². The Morgan fingerprint density at radius 3 is 2.21 bits per heavy atom. The van der Waals surface area contributed by atoms with Gasteiger partial charge in [0.15, 0.2) is 0 Å². The molecule has 0 spiro atoms. The molecule has 0 bridgehead atoms. The van der Waals surface area contributed by atoms with Crippen molar-refractivity contribution in [3.8, 4) is 27.4 Å². The Morgan fingerprint density at radius 2 is 1.54 bits per heavy atom. The monoisotopic (exact) mass is 391 g/mol. The van der Waals surface area contributed by atoms with Gasteiger partial charge in [-0.2, -0.15) is 0 Å². The summed E-state index contributed by atoms with van der Waals surface area (Å²) in [5.41, 5.74) is 3.59. The summed E-state index contributed by atoms with van der Waals surface area (Å²) in [6.07, 6.45) is 12.2. The molecule has 1 aromatic heterocycles. The van der Waals surface area contributed by atoms with Crippen molar-refractivity contribution in [1.29, 1.82) is 0 Å². The van der Waals surface area contributed by atoms with Crippen LogP contribution in [0.3, 0.4) is 0 Å². The summed E-state index contributed by atoms with van der Waals surface area (Å²) in [6, 6.07) is 17.0. The number of hydrogen-bond acceptors (Lipinski definition) is 3. The molecule has 0 atom stereocenters. The molecule has 1 heterocycles. The molecule has 0 saturated heterocycles. The quantitative estimate of drug-likeness (QED) is 0.263. The third-order valence-corrected chi connectivity index (χ3v) is 5.71. The second-order valence-corrected chi connectivity index (χ2v) is 8.02. The molecule has 2 aromatic carbocycles. The molecule has 0 amide bonds. The average Bonchev–Trinajstić information content (AvgIpc) is 3.20. The maximum atomic E-state index is 5.78. The predicted octanol–water partition coefficient (Wildman–Crippen LogP) is 7.55. The number of ether oxygens (including phenoxy) is 1. The Bertz CT molecular complexity index is 862. The first-order valence-corrected chi connectivity index (χ1v) is 11.0. The molecule has 0 radical (unpaired) electrons. The van der Waals surface area contributed by atoms with Crippen LogP contribution in [0.4, 0.5) is 0 Å². The molecule has 0 aliphatic heterocycles. The van der Waals surface area contributed by atoms with E-state index in [9.17, 15) is 0 Å². The fraction of sp³-hybridized carbons (Fsp3) is 0.320. The Labute approximate surface area is 172 Å². The van der Waals surface area contributed by atoms with E-state index in [0.717, 1.165) is 30.0 Å². The number of unbranched alkanes of at least 4 members (excludes halogenated alkanes) is 2. The molecule has 0 N–H and O–H groups in total. The summed E-state index contributed by atoms with van der Waals surface area (Å²) in [7, 11) is 0. The predicted molar refractivity (Wildman–Crippen MR) is 121 cm³/mol. The van der Waals surface area contributed by atoms with Crippen LogP contribution in [0.5, 0.6) is 5.75 Å². The van der Waals surface area contributed by atoms with Gasteiger partial charge in [0.25, 0.3) is 0 Å². The lowest BCUT2D eigenvalue weighted by Crippen LogP contribution is -1.93. The van der Waals surface area contributed by atoms with E-state index in [2.05, 4.69) is 67.4 Å².